The number of hydrogen-bond acceptors (Lipinski definition) is 2. The van der Waals surface area contributed by atoms with E-state index in [1.165, 1.54) is 0 Å². The Morgan fingerprint density at radius 3 is 2.88 bits per heavy atom. The number of methoxy groups -OCH3 is 1. The maximum atomic E-state index is 13.9. The van der Waals surface area contributed by atoms with Crippen LogP contribution >= 0.6 is 0 Å². The summed E-state index contributed by atoms with van der Waals surface area (Å²) >= 11 is 0. The van der Waals surface area contributed by atoms with Gasteiger partial charge in [-0.1, -0.05) is 18.2 Å². The summed E-state index contributed by atoms with van der Waals surface area (Å²) in [5.74, 6) is 0.769. The Morgan fingerprint density at radius 2 is 2.19 bits per heavy atom. The molecule has 1 aliphatic rings. The molecule has 0 radical (unpaired) electrons. The lowest BCUT2D eigenvalue weighted by molar-refractivity contribution is -0.0579. The molecule has 2 unspecified atom stereocenters. The number of hydrogen-bond donors (Lipinski definition) is 0. The normalized spacial score (nSPS) is 30.1. The minimum Gasteiger partial charge on any atom is -0.496 e. The van der Waals surface area contributed by atoms with Crippen LogP contribution in [0.1, 0.15) is 31.4 Å². The highest BCUT2D eigenvalue weighted by Crippen LogP contribution is 2.39. The lowest BCUT2D eigenvalue weighted by atomic mass is 9.90. The van der Waals surface area contributed by atoms with Gasteiger partial charge in [-0.3, -0.25) is 0 Å². The average molecular weight is 224 g/mol. The third-order valence-corrected chi connectivity index (χ3v) is 3.04. The van der Waals surface area contributed by atoms with Crippen LogP contribution in [0.2, 0.25) is 0 Å². The van der Waals surface area contributed by atoms with E-state index < -0.39 is 5.67 Å². The quantitative estimate of drug-likeness (QED) is 0.767. The molecule has 88 valence electrons. The van der Waals surface area contributed by atoms with Crippen molar-refractivity contribution in [1.29, 1.82) is 0 Å². The monoisotopic (exact) mass is 224 g/mol. The van der Waals surface area contributed by atoms with Gasteiger partial charge in [-0.05, 0) is 13.0 Å². The molecule has 2 nitrogen and oxygen atoms in total. The second-order valence-corrected chi connectivity index (χ2v) is 4.47. The van der Waals surface area contributed by atoms with E-state index >= 15 is 0 Å². The van der Waals surface area contributed by atoms with Crippen molar-refractivity contribution >= 4 is 0 Å². The Labute approximate surface area is 95.4 Å². The summed E-state index contributed by atoms with van der Waals surface area (Å²) < 4.78 is 24.8. The molecular weight excluding hydrogens is 207 g/mol. The van der Waals surface area contributed by atoms with E-state index in [4.69, 9.17) is 9.47 Å². The van der Waals surface area contributed by atoms with E-state index in [2.05, 4.69) is 0 Å². The smallest absolute Gasteiger partial charge is 0.124 e. The van der Waals surface area contributed by atoms with E-state index in [-0.39, 0.29) is 6.10 Å². The van der Waals surface area contributed by atoms with E-state index in [0.717, 1.165) is 11.3 Å². The molecule has 2 atom stereocenters. The first kappa shape index (κ1) is 11.4. The number of benzene rings is 1. The highest BCUT2D eigenvalue weighted by Gasteiger charge is 2.34. The second-order valence-electron chi connectivity index (χ2n) is 4.47. The molecule has 0 amide bonds. The standard InChI is InChI=1S/C13H17FO2/c1-13(14)7-8-16-12(9-13)10-5-3-4-6-11(10)15-2/h3-6,12H,7-9H2,1-2H3. The Kier molecular flexibility index (Phi) is 3.15. The molecule has 1 saturated heterocycles. The average Bonchev–Trinajstić information content (AvgIpc) is 2.27. The molecule has 1 fully saturated rings. The van der Waals surface area contributed by atoms with Gasteiger partial charge in [-0.25, -0.2) is 4.39 Å². The molecule has 0 N–H and O–H groups in total. The lowest BCUT2D eigenvalue weighted by Crippen LogP contribution is -2.30. The summed E-state index contributed by atoms with van der Waals surface area (Å²) in [6.45, 7) is 2.10. The van der Waals surface area contributed by atoms with Crippen LogP contribution < -0.4 is 4.74 Å². The second kappa shape index (κ2) is 4.42. The Morgan fingerprint density at radius 1 is 1.44 bits per heavy atom. The van der Waals surface area contributed by atoms with Gasteiger partial charge in [0.15, 0.2) is 0 Å². The van der Waals surface area contributed by atoms with Crippen LogP contribution in [0.3, 0.4) is 0 Å². The molecule has 0 saturated carbocycles. The van der Waals surface area contributed by atoms with Gasteiger partial charge < -0.3 is 9.47 Å². The van der Waals surface area contributed by atoms with Crippen LogP contribution in [0, 0.1) is 0 Å². The van der Waals surface area contributed by atoms with E-state index in [9.17, 15) is 4.39 Å². The molecule has 1 aromatic carbocycles. The SMILES string of the molecule is COc1ccccc1C1CC(C)(F)CCO1. The number of ether oxygens (including phenoxy) is 2. The van der Waals surface area contributed by atoms with Crippen LogP contribution in [0.5, 0.6) is 5.75 Å². The molecule has 1 heterocycles. The Balaban J connectivity index is 2.23. The predicted molar refractivity (Wildman–Crippen MR) is 60.4 cm³/mol. The molecule has 1 aliphatic heterocycles. The fourth-order valence-electron chi connectivity index (χ4n) is 2.09. The topological polar surface area (TPSA) is 18.5 Å². The summed E-state index contributed by atoms with van der Waals surface area (Å²) in [5.41, 5.74) is -0.197. The van der Waals surface area contributed by atoms with Crippen molar-refractivity contribution in [3.05, 3.63) is 29.8 Å². The summed E-state index contributed by atoms with van der Waals surface area (Å²) in [4.78, 5) is 0. The van der Waals surface area contributed by atoms with Crippen molar-refractivity contribution in [2.75, 3.05) is 13.7 Å². The minimum atomic E-state index is -1.14. The summed E-state index contributed by atoms with van der Waals surface area (Å²) in [5, 5.41) is 0. The molecule has 0 aliphatic carbocycles. The van der Waals surface area contributed by atoms with E-state index in [1.807, 2.05) is 24.3 Å². The fourth-order valence-corrected chi connectivity index (χ4v) is 2.09. The molecular formula is C13H17FO2. The van der Waals surface area contributed by atoms with Crippen molar-refractivity contribution in [3.63, 3.8) is 0 Å². The molecule has 0 aromatic heterocycles. The third-order valence-electron chi connectivity index (χ3n) is 3.04. The van der Waals surface area contributed by atoms with Crippen molar-refractivity contribution in [2.24, 2.45) is 0 Å². The predicted octanol–water partition coefficient (Wildman–Crippen LogP) is 3.27. The largest absolute Gasteiger partial charge is 0.496 e. The third kappa shape index (κ3) is 2.35. The Bertz CT molecular complexity index is 363. The van der Waals surface area contributed by atoms with Crippen molar-refractivity contribution in [2.45, 2.75) is 31.5 Å². The number of para-hydroxylation sites is 1. The van der Waals surface area contributed by atoms with Crippen LogP contribution in [-0.4, -0.2) is 19.4 Å². The number of alkyl halides is 1. The maximum Gasteiger partial charge on any atom is 0.124 e. The van der Waals surface area contributed by atoms with Gasteiger partial charge in [0, 0.05) is 18.4 Å². The lowest BCUT2D eigenvalue weighted by Gasteiger charge is -2.32. The first-order valence-electron chi connectivity index (χ1n) is 5.56. The van der Waals surface area contributed by atoms with Crippen LogP contribution in [0.15, 0.2) is 24.3 Å². The summed E-state index contributed by atoms with van der Waals surface area (Å²) in [6, 6.07) is 7.64. The summed E-state index contributed by atoms with van der Waals surface area (Å²) in [7, 11) is 1.62. The van der Waals surface area contributed by atoms with Gasteiger partial charge in [0.2, 0.25) is 0 Å². The van der Waals surface area contributed by atoms with Gasteiger partial charge >= 0.3 is 0 Å². The zero-order valence-electron chi connectivity index (χ0n) is 9.70. The van der Waals surface area contributed by atoms with E-state index in [0.29, 0.717) is 19.4 Å². The van der Waals surface area contributed by atoms with Gasteiger partial charge in [0.25, 0.3) is 0 Å². The summed E-state index contributed by atoms with van der Waals surface area (Å²) in [6.07, 6.45) is 0.673. The number of rotatable bonds is 2. The maximum absolute atomic E-state index is 13.9. The molecule has 0 spiro atoms. The van der Waals surface area contributed by atoms with Gasteiger partial charge in [-0.2, -0.15) is 0 Å². The number of halogens is 1. The molecule has 3 heteroatoms. The first-order valence-corrected chi connectivity index (χ1v) is 5.56. The first-order chi connectivity index (χ1) is 7.62. The van der Waals surface area contributed by atoms with Crippen LogP contribution in [0.25, 0.3) is 0 Å². The molecule has 0 bridgehead atoms. The zero-order chi connectivity index (χ0) is 11.6. The molecule has 2 rings (SSSR count). The molecule has 1 aromatic rings. The molecule has 16 heavy (non-hydrogen) atoms. The van der Waals surface area contributed by atoms with Crippen LogP contribution in [-0.2, 0) is 4.74 Å². The van der Waals surface area contributed by atoms with Gasteiger partial charge in [0.05, 0.1) is 19.8 Å². The van der Waals surface area contributed by atoms with E-state index in [1.54, 1.807) is 14.0 Å². The van der Waals surface area contributed by atoms with Gasteiger partial charge in [0.1, 0.15) is 11.4 Å². The van der Waals surface area contributed by atoms with Crippen molar-refractivity contribution in [3.8, 4) is 5.75 Å². The highest BCUT2D eigenvalue weighted by molar-refractivity contribution is 5.35. The van der Waals surface area contributed by atoms with Crippen molar-refractivity contribution in [1.82, 2.24) is 0 Å². The van der Waals surface area contributed by atoms with Crippen molar-refractivity contribution < 1.29 is 13.9 Å². The highest BCUT2D eigenvalue weighted by atomic mass is 19.1. The zero-order valence-corrected chi connectivity index (χ0v) is 9.70. The fraction of sp³-hybridized carbons (Fsp3) is 0.538. The van der Waals surface area contributed by atoms with Crippen LogP contribution in [0.4, 0.5) is 4.39 Å². The van der Waals surface area contributed by atoms with Gasteiger partial charge in [-0.15, -0.1) is 0 Å². The Hall–Kier alpha value is -1.09. The minimum absolute atomic E-state index is 0.195.